The number of hydrogen-bond acceptors (Lipinski definition) is 2. The number of aryl methyl sites for hydroxylation is 1. The van der Waals surface area contributed by atoms with Crippen molar-refractivity contribution in [3.8, 4) is 0 Å². The molecule has 0 saturated heterocycles. The number of nitrogens with one attached hydrogen (secondary N) is 2. The van der Waals surface area contributed by atoms with Crippen molar-refractivity contribution in [2.45, 2.75) is 32.7 Å². The lowest BCUT2D eigenvalue weighted by Crippen LogP contribution is -2.35. The summed E-state index contributed by atoms with van der Waals surface area (Å²) in [6.07, 6.45) is 1.17. The molecule has 0 radical (unpaired) electrons. The molecule has 0 fully saturated rings. The Morgan fingerprint density at radius 1 is 1.30 bits per heavy atom. The third kappa shape index (κ3) is 3.93. The summed E-state index contributed by atoms with van der Waals surface area (Å²) in [4.78, 5) is 24.2. The Bertz CT molecular complexity index is 685. The third-order valence-corrected chi connectivity index (χ3v) is 4.72. The molecule has 5 nitrogen and oxygen atoms in total. The zero-order valence-corrected chi connectivity index (χ0v) is 15.2. The smallest absolute Gasteiger partial charge is 0.269 e. The first-order valence-electron chi connectivity index (χ1n) is 7.76. The SMILES string of the molecule is CCC(C)NC(=O)CCNC(=O)c1c(Br)c2ccccc2n1C. The second-order valence-corrected chi connectivity index (χ2v) is 6.41. The summed E-state index contributed by atoms with van der Waals surface area (Å²) in [7, 11) is 1.86. The quantitative estimate of drug-likeness (QED) is 0.810. The number of nitrogens with zero attached hydrogens (tertiary/aromatic N) is 1. The van der Waals surface area contributed by atoms with Gasteiger partial charge in [-0.25, -0.2) is 0 Å². The Morgan fingerprint density at radius 3 is 2.65 bits per heavy atom. The molecule has 0 spiro atoms. The van der Waals surface area contributed by atoms with Gasteiger partial charge in [-0.1, -0.05) is 25.1 Å². The number of amides is 2. The molecule has 0 saturated carbocycles. The summed E-state index contributed by atoms with van der Waals surface area (Å²) >= 11 is 3.51. The van der Waals surface area contributed by atoms with Gasteiger partial charge < -0.3 is 15.2 Å². The summed E-state index contributed by atoms with van der Waals surface area (Å²) in [5.74, 6) is -0.234. The van der Waals surface area contributed by atoms with Gasteiger partial charge in [0.1, 0.15) is 5.69 Å². The van der Waals surface area contributed by atoms with Crippen molar-refractivity contribution in [2.24, 2.45) is 7.05 Å². The average Bonchev–Trinajstić information content (AvgIpc) is 2.79. The second kappa shape index (κ2) is 7.64. The maximum absolute atomic E-state index is 12.4. The highest BCUT2D eigenvalue weighted by Crippen LogP contribution is 2.29. The molecule has 2 amide bonds. The van der Waals surface area contributed by atoms with Gasteiger partial charge in [-0.15, -0.1) is 0 Å². The van der Waals surface area contributed by atoms with E-state index in [1.807, 2.05) is 49.7 Å². The number of hydrogen-bond donors (Lipinski definition) is 2. The molecule has 6 heteroatoms. The van der Waals surface area contributed by atoms with E-state index in [9.17, 15) is 9.59 Å². The zero-order chi connectivity index (χ0) is 17.0. The molecule has 2 rings (SSSR count). The number of benzene rings is 1. The molecule has 23 heavy (non-hydrogen) atoms. The minimum Gasteiger partial charge on any atom is -0.354 e. The Morgan fingerprint density at radius 2 is 2.00 bits per heavy atom. The fourth-order valence-corrected chi connectivity index (χ4v) is 3.20. The summed E-state index contributed by atoms with van der Waals surface area (Å²) in [6.45, 7) is 4.29. The molecule has 1 atom stereocenters. The molecule has 1 aromatic carbocycles. The van der Waals surface area contributed by atoms with Crippen LogP contribution in [-0.2, 0) is 11.8 Å². The van der Waals surface area contributed by atoms with Crippen LogP contribution in [0, 0.1) is 0 Å². The molecule has 0 aliphatic carbocycles. The summed E-state index contributed by atoms with van der Waals surface area (Å²) in [5.41, 5.74) is 1.55. The molecule has 124 valence electrons. The molecule has 1 heterocycles. The minimum atomic E-state index is -0.188. The number of halogens is 1. The number of fused-ring (bicyclic) bond motifs is 1. The maximum atomic E-state index is 12.4. The molecule has 0 aliphatic rings. The van der Waals surface area contributed by atoms with Crippen molar-refractivity contribution in [2.75, 3.05) is 6.54 Å². The van der Waals surface area contributed by atoms with Crippen LogP contribution in [0.15, 0.2) is 28.7 Å². The first-order valence-corrected chi connectivity index (χ1v) is 8.55. The van der Waals surface area contributed by atoms with Gasteiger partial charge in [0, 0.05) is 37.0 Å². The Hall–Kier alpha value is -1.82. The van der Waals surface area contributed by atoms with Gasteiger partial charge in [-0.3, -0.25) is 9.59 Å². The van der Waals surface area contributed by atoms with E-state index < -0.39 is 0 Å². The van der Waals surface area contributed by atoms with Crippen LogP contribution >= 0.6 is 15.9 Å². The number of carbonyl (C=O) groups excluding carboxylic acids is 2. The van der Waals surface area contributed by atoms with Gasteiger partial charge >= 0.3 is 0 Å². The minimum absolute atomic E-state index is 0.0456. The molecule has 0 bridgehead atoms. The lowest BCUT2D eigenvalue weighted by Gasteiger charge is -2.11. The van der Waals surface area contributed by atoms with Crippen LogP contribution in [0.3, 0.4) is 0 Å². The first kappa shape index (κ1) is 17.5. The monoisotopic (exact) mass is 379 g/mol. The highest BCUT2D eigenvalue weighted by atomic mass is 79.9. The molecule has 2 N–H and O–H groups in total. The van der Waals surface area contributed by atoms with E-state index in [0.29, 0.717) is 12.2 Å². The number of para-hydroxylation sites is 1. The van der Waals surface area contributed by atoms with Gasteiger partial charge in [-0.2, -0.15) is 0 Å². The highest BCUT2D eigenvalue weighted by molar-refractivity contribution is 9.10. The van der Waals surface area contributed by atoms with E-state index in [0.717, 1.165) is 21.8 Å². The molecule has 1 unspecified atom stereocenters. The van der Waals surface area contributed by atoms with E-state index in [2.05, 4.69) is 26.6 Å². The van der Waals surface area contributed by atoms with Crippen LogP contribution in [0.5, 0.6) is 0 Å². The van der Waals surface area contributed by atoms with Crippen molar-refractivity contribution < 1.29 is 9.59 Å². The van der Waals surface area contributed by atoms with Crippen molar-refractivity contribution in [3.63, 3.8) is 0 Å². The molecule has 2 aromatic rings. The van der Waals surface area contributed by atoms with Crippen molar-refractivity contribution >= 4 is 38.6 Å². The predicted octanol–water partition coefficient (Wildman–Crippen LogP) is 2.98. The Labute approximate surface area is 144 Å². The normalized spacial score (nSPS) is 12.2. The highest BCUT2D eigenvalue weighted by Gasteiger charge is 2.19. The van der Waals surface area contributed by atoms with E-state index >= 15 is 0 Å². The lowest BCUT2D eigenvalue weighted by molar-refractivity contribution is -0.121. The van der Waals surface area contributed by atoms with Crippen LogP contribution in [0.2, 0.25) is 0 Å². The number of carbonyl (C=O) groups is 2. The Kier molecular flexibility index (Phi) is 5.82. The molecule has 0 aliphatic heterocycles. The summed E-state index contributed by atoms with van der Waals surface area (Å²) in [5, 5.41) is 6.69. The van der Waals surface area contributed by atoms with Crippen molar-refractivity contribution in [3.05, 3.63) is 34.4 Å². The summed E-state index contributed by atoms with van der Waals surface area (Å²) < 4.78 is 2.63. The Balaban J connectivity index is 2.01. The third-order valence-electron chi connectivity index (χ3n) is 3.92. The van der Waals surface area contributed by atoms with Gasteiger partial charge in [0.05, 0.1) is 4.47 Å². The molecular formula is C17H22BrN3O2. The van der Waals surface area contributed by atoms with E-state index in [4.69, 9.17) is 0 Å². The van der Waals surface area contributed by atoms with Gasteiger partial charge in [0.15, 0.2) is 0 Å². The predicted molar refractivity (Wildman–Crippen MR) is 95.5 cm³/mol. The van der Waals surface area contributed by atoms with Crippen LogP contribution in [-0.4, -0.2) is 29.0 Å². The fraction of sp³-hybridized carbons (Fsp3) is 0.412. The van der Waals surface area contributed by atoms with Crippen molar-refractivity contribution in [1.82, 2.24) is 15.2 Å². The second-order valence-electron chi connectivity index (χ2n) is 5.62. The van der Waals surface area contributed by atoms with Crippen molar-refractivity contribution in [1.29, 1.82) is 0 Å². The standard InChI is InChI=1S/C17H22BrN3O2/c1-4-11(2)20-14(22)9-10-19-17(23)16-15(18)12-7-5-6-8-13(12)21(16)3/h5-8,11H,4,9-10H2,1-3H3,(H,19,23)(H,20,22). The molecular weight excluding hydrogens is 358 g/mol. The lowest BCUT2D eigenvalue weighted by atomic mass is 10.2. The van der Waals surface area contributed by atoms with Crippen LogP contribution < -0.4 is 10.6 Å². The number of aromatic nitrogens is 1. The summed E-state index contributed by atoms with van der Waals surface area (Å²) in [6, 6.07) is 7.97. The van der Waals surface area contributed by atoms with E-state index in [1.165, 1.54) is 0 Å². The largest absolute Gasteiger partial charge is 0.354 e. The topological polar surface area (TPSA) is 63.1 Å². The van der Waals surface area contributed by atoms with Crippen LogP contribution in [0.25, 0.3) is 10.9 Å². The first-order chi connectivity index (χ1) is 11.0. The fourth-order valence-electron chi connectivity index (χ4n) is 2.42. The van der Waals surface area contributed by atoms with E-state index in [-0.39, 0.29) is 24.3 Å². The maximum Gasteiger partial charge on any atom is 0.269 e. The van der Waals surface area contributed by atoms with Gasteiger partial charge in [0.25, 0.3) is 5.91 Å². The van der Waals surface area contributed by atoms with Gasteiger partial charge in [0.2, 0.25) is 5.91 Å². The van der Waals surface area contributed by atoms with E-state index in [1.54, 1.807) is 0 Å². The van der Waals surface area contributed by atoms with Crippen LogP contribution in [0.1, 0.15) is 37.2 Å². The average molecular weight is 380 g/mol. The molecule has 1 aromatic heterocycles. The van der Waals surface area contributed by atoms with Gasteiger partial charge in [-0.05, 0) is 35.3 Å². The van der Waals surface area contributed by atoms with Crippen LogP contribution in [0.4, 0.5) is 0 Å². The number of rotatable bonds is 6. The zero-order valence-electron chi connectivity index (χ0n) is 13.6.